The Morgan fingerprint density at radius 3 is 2.91 bits per heavy atom. The Morgan fingerprint density at radius 2 is 2.45 bits per heavy atom. The van der Waals surface area contributed by atoms with E-state index in [0.717, 1.165) is 12.2 Å². The van der Waals surface area contributed by atoms with Gasteiger partial charge < -0.3 is 5.32 Å². The second-order valence-corrected chi connectivity index (χ2v) is 2.13. The maximum atomic E-state index is 8.47. The molecule has 0 heterocycles. The van der Waals surface area contributed by atoms with E-state index in [1.165, 1.54) is 0 Å². The molecular weight excluding hydrogens is 136 g/mol. The Kier molecular flexibility index (Phi) is 2.51. The minimum atomic E-state index is 0.645. The highest BCUT2D eigenvalue weighted by Crippen LogP contribution is 2.06. The fraction of sp³-hybridized carbons (Fsp3) is 0.222. The number of hydrogen-bond acceptors (Lipinski definition) is 2. The van der Waals surface area contributed by atoms with Crippen molar-refractivity contribution in [1.82, 2.24) is 0 Å². The third kappa shape index (κ3) is 1.98. The molecule has 1 aromatic carbocycles. The van der Waals surface area contributed by atoms with Crippen molar-refractivity contribution in [1.29, 1.82) is 5.26 Å². The van der Waals surface area contributed by atoms with E-state index >= 15 is 0 Å². The molecule has 1 N–H and O–H groups in total. The Balaban J connectivity index is 2.76. The molecule has 1 radical (unpaired) electrons. The highest BCUT2D eigenvalue weighted by molar-refractivity contribution is 5.45. The average molecular weight is 145 g/mol. The molecule has 0 unspecified atom stereocenters. The van der Waals surface area contributed by atoms with Gasteiger partial charge in [-0.3, -0.25) is 0 Å². The summed E-state index contributed by atoms with van der Waals surface area (Å²) in [5.41, 5.74) is 1.58. The number of hydrogen-bond donors (Lipinski definition) is 1. The molecule has 0 aliphatic carbocycles. The molecule has 2 nitrogen and oxygen atoms in total. The van der Waals surface area contributed by atoms with Crippen molar-refractivity contribution in [2.75, 3.05) is 11.9 Å². The summed E-state index contributed by atoms with van der Waals surface area (Å²) >= 11 is 0. The van der Waals surface area contributed by atoms with Gasteiger partial charge in [0.1, 0.15) is 0 Å². The monoisotopic (exact) mass is 145 g/mol. The smallest absolute Gasteiger partial charge is 0.0991 e. The van der Waals surface area contributed by atoms with E-state index in [1.807, 2.05) is 19.1 Å². The van der Waals surface area contributed by atoms with Crippen molar-refractivity contribution in [3.05, 3.63) is 29.8 Å². The molecule has 1 aromatic rings. The van der Waals surface area contributed by atoms with Crippen LogP contribution in [-0.4, -0.2) is 6.54 Å². The molecule has 0 atom stereocenters. The van der Waals surface area contributed by atoms with Crippen LogP contribution >= 0.6 is 0 Å². The Morgan fingerprint density at radius 1 is 1.64 bits per heavy atom. The fourth-order valence-electron chi connectivity index (χ4n) is 0.795. The molecule has 0 spiro atoms. The summed E-state index contributed by atoms with van der Waals surface area (Å²) in [5, 5.41) is 11.6. The van der Waals surface area contributed by atoms with Gasteiger partial charge in [-0.1, -0.05) is 0 Å². The molecule has 0 saturated carbocycles. The summed E-state index contributed by atoms with van der Waals surface area (Å²) < 4.78 is 0. The Hall–Kier alpha value is -1.49. The zero-order valence-electron chi connectivity index (χ0n) is 6.39. The molecule has 11 heavy (non-hydrogen) atoms. The quantitative estimate of drug-likeness (QED) is 0.688. The Bertz CT molecular complexity index is 256. The number of rotatable bonds is 2. The SMILES string of the molecule is CCNc1[c]cc(C#N)cc1. The van der Waals surface area contributed by atoms with Gasteiger partial charge in [-0.15, -0.1) is 0 Å². The van der Waals surface area contributed by atoms with E-state index in [4.69, 9.17) is 5.26 Å². The van der Waals surface area contributed by atoms with Crippen LogP contribution in [0.5, 0.6) is 0 Å². The summed E-state index contributed by atoms with van der Waals surface area (Å²) in [4.78, 5) is 0. The first kappa shape index (κ1) is 7.62. The highest BCUT2D eigenvalue weighted by atomic mass is 14.8. The molecule has 1 rings (SSSR count). The predicted molar refractivity (Wildman–Crippen MR) is 44.2 cm³/mol. The van der Waals surface area contributed by atoms with Crippen molar-refractivity contribution >= 4 is 5.69 Å². The van der Waals surface area contributed by atoms with Crippen molar-refractivity contribution in [2.45, 2.75) is 6.92 Å². The number of nitrogens with one attached hydrogen (secondary N) is 1. The largest absolute Gasteiger partial charge is 0.385 e. The van der Waals surface area contributed by atoms with Crippen molar-refractivity contribution < 1.29 is 0 Å². The summed E-state index contributed by atoms with van der Waals surface area (Å²) in [6, 6.07) is 10.3. The topological polar surface area (TPSA) is 35.8 Å². The van der Waals surface area contributed by atoms with Gasteiger partial charge in [0.2, 0.25) is 0 Å². The molecular formula is C9H9N2. The Labute approximate surface area is 66.5 Å². The first-order valence-electron chi connectivity index (χ1n) is 3.52. The molecule has 2 heteroatoms. The highest BCUT2D eigenvalue weighted by Gasteiger charge is 1.90. The van der Waals surface area contributed by atoms with Gasteiger partial charge in [0.25, 0.3) is 0 Å². The normalized spacial score (nSPS) is 8.73. The summed E-state index contributed by atoms with van der Waals surface area (Å²) in [5.74, 6) is 0. The summed E-state index contributed by atoms with van der Waals surface area (Å²) in [7, 11) is 0. The first-order chi connectivity index (χ1) is 5.36. The minimum Gasteiger partial charge on any atom is -0.385 e. The van der Waals surface area contributed by atoms with Gasteiger partial charge in [-0.2, -0.15) is 5.26 Å². The van der Waals surface area contributed by atoms with Gasteiger partial charge in [-0.05, 0) is 25.1 Å². The van der Waals surface area contributed by atoms with E-state index < -0.39 is 0 Å². The number of benzene rings is 1. The van der Waals surface area contributed by atoms with Gasteiger partial charge in [0, 0.05) is 18.3 Å². The van der Waals surface area contributed by atoms with Gasteiger partial charge in [0.15, 0.2) is 0 Å². The lowest BCUT2D eigenvalue weighted by molar-refractivity contribution is 1.21. The number of nitrogens with zero attached hydrogens (tertiary/aromatic N) is 1. The molecule has 0 saturated heterocycles. The van der Waals surface area contributed by atoms with Crippen LogP contribution in [0.4, 0.5) is 5.69 Å². The van der Waals surface area contributed by atoms with Crippen LogP contribution in [0, 0.1) is 17.4 Å². The van der Waals surface area contributed by atoms with E-state index in [1.54, 1.807) is 12.1 Å². The molecule has 0 amide bonds. The van der Waals surface area contributed by atoms with Crippen LogP contribution in [-0.2, 0) is 0 Å². The second-order valence-electron chi connectivity index (χ2n) is 2.13. The summed E-state index contributed by atoms with van der Waals surface area (Å²) in [6.07, 6.45) is 0. The van der Waals surface area contributed by atoms with Crippen LogP contribution in [0.3, 0.4) is 0 Å². The second kappa shape index (κ2) is 3.62. The molecule has 0 aromatic heterocycles. The minimum absolute atomic E-state index is 0.645. The third-order valence-electron chi connectivity index (χ3n) is 1.31. The van der Waals surface area contributed by atoms with E-state index in [9.17, 15) is 0 Å². The van der Waals surface area contributed by atoms with Crippen LogP contribution in [0.25, 0.3) is 0 Å². The van der Waals surface area contributed by atoms with Crippen LogP contribution < -0.4 is 5.32 Å². The lowest BCUT2D eigenvalue weighted by Gasteiger charge is -1.99. The van der Waals surface area contributed by atoms with E-state index in [0.29, 0.717) is 5.56 Å². The lowest BCUT2D eigenvalue weighted by atomic mass is 10.2. The molecule has 0 aliphatic heterocycles. The summed E-state index contributed by atoms with van der Waals surface area (Å²) in [6.45, 7) is 2.90. The van der Waals surface area contributed by atoms with Gasteiger partial charge >= 0.3 is 0 Å². The molecule has 0 bridgehead atoms. The van der Waals surface area contributed by atoms with Crippen LogP contribution in [0.1, 0.15) is 12.5 Å². The first-order valence-corrected chi connectivity index (χ1v) is 3.52. The molecule has 0 fully saturated rings. The van der Waals surface area contributed by atoms with Gasteiger partial charge in [0.05, 0.1) is 11.6 Å². The molecule has 0 aliphatic rings. The maximum absolute atomic E-state index is 8.47. The maximum Gasteiger partial charge on any atom is 0.0991 e. The van der Waals surface area contributed by atoms with Gasteiger partial charge in [-0.25, -0.2) is 0 Å². The third-order valence-corrected chi connectivity index (χ3v) is 1.31. The van der Waals surface area contributed by atoms with Crippen molar-refractivity contribution in [2.24, 2.45) is 0 Å². The predicted octanol–water partition coefficient (Wildman–Crippen LogP) is 1.79. The zero-order valence-corrected chi connectivity index (χ0v) is 6.39. The van der Waals surface area contributed by atoms with Crippen LogP contribution in [0.15, 0.2) is 18.2 Å². The zero-order chi connectivity index (χ0) is 8.10. The van der Waals surface area contributed by atoms with Crippen LogP contribution in [0.2, 0.25) is 0 Å². The fourth-order valence-corrected chi connectivity index (χ4v) is 0.795. The van der Waals surface area contributed by atoms with E-state index in [2.05, 4.69) is 11.4 Å². The van der Waals surface area contributed by atoms with Crippen molar-refractivity contribution in [3.63, 3.8) is 0 Å². The average Bonchev–Trinajstić information content (AvgIpc) is 2.07. The van der Waals surface area contributed by atoms with Crippen molar-refractivity contribution in [3.8, 4) is 6.07 Å². The standard InChI is InChI=1S/C9H9N2/c1-2-11-9-5-3-8(7-10)4-6-9/h3-5,11H,2H2,1H3. The number of nitriles is 1. The molecule has 55 valence electrons. The lowest BCUT2D eigenvalue weighted by Crippen LogP contribution is -1.95. The number of anilines is 1. The van der Waals surface area contributed by atoms with E-state index in [-0.39, 0.29) is 0 Å².